The van der Waals surface area contributed by atoms with E-state index in [0.717, 1.165) is 0 Å². The molecule has 0 aromatic rings. The van der Waals surface area contributed by atoms with Crippen LogP contribution in [-0.4, -0.2) is 49.7 Å². The highest BCUT2D eigenvalue weighted by Gasteiger charge is 2.46. The Morgan fingerprint density at radius 1 is 0.812 bits per heavy atom. The van der Waals surface area contributed by atoms with Crippen LogP contribution in [0, 0.1) is 0 Å². The minimum Gasteiger partial charge on any atom is -0.294 e. The molecule has 98 valence electrons. The second kappa shape index (κ2) is 5.15. The minimum absolute atomic E-state index is 0.0400. The van der Waals surface area contributed by atoms with E-state index in [9.17, 15) is 35.1 Å². The van der Waals surface area contributed by atoms with Gasteiger partial charge in [-0.15, -0.1) is 0 Å². The van der Waals surface area contributed by atoms with Crippen molar-refractivity contribution in [1.82, 2.24) is 4.90 Å². The average Bonchev–Trinajstić information content (AvgIpc) is 2.00. The standard InChI is InChI=1S/C7H9F8N/c1-16(2-6(12,13)4(8)9)3-7(14,15)5(10)11/h4-5H,2-3H2,1H3. The zero-order valence-corrected chi connectivity index (χ0v) is 8.04. The molecular weight excluding hydrogens is 250 g/mol. The molecule has 0 saturated carbocycles. The first kappa shape index (κ1) is 15.4. The number of hydrogen-bond donors (Lipinski definition) is 0. The lowest BCUT2D eigenvalue weighted by Gasteiger charge is -2.26. The lowest BCUT2D eigenvalue weighted by atomic mass is 10.3. The molecule has 0 fully saturated rings. The third kappa shape index (κ3) is 4.50. The van der Waals surface area contributed by atoms with Gasteiger partial charge >= 0.3 is 24.7 Å². The van der Waals surface area contributed by atoms with E-state index in [1.165, 1.54) is 0 Å². The summed E-state index contributed by atoms with van der Waals surface area (Å²) in [5, 5.41) is 0. The second-order valence-corrected chi connectivity index (χ2v) is 3.30. The molecule has 0 aromatic carbocycles. The minimum atomic E-state index is -4.51. The normalized spacial score (nSPS) is 14.2. The van der Waals surface area contributed by atoms with E-state index in [4.69, 9.17) is 0 Å². The molecule has 1 nitrogen and oxygen atoms in total. The predicted octanol–water partition coefficient (Wildman–Crippen LogP) is 2.72. The highest BCUT2D eigenvalue weighted by molar-refractivity contribution is 4.78. The van der Waals surface area contributed by atoms with Gasteiger partial charge in [-0.2, -0.15) is 17.6 Å². The van der Waals surface area contributed by atoms with Crippen molar-refractivity contribution in [3.8, 4) is 0 Å². The van der Waals surface area contributed by atoms with E-state index >= 15 is 0 Å². The molecule has 0 atom stereocenters. The van der Waals surface area contributed by atoms with Crippen molar-refractivity contribution in [1.29, 1.82) is 0 Å². The van der Waals surface area contributed by atoms with Crippen LogP contribution in [0.2, 0.25) is 0 Å². The molecule has 0 aliphatic carbocycles. The molecule has 0 unspecified atom stereocenters. The van der Waals surface area contributed by atoms with Gasteiger partial charge in [-0.25, -0.2) is 17.6 Å². The fraction of sp³-hybridized carbons (Fsp3) is 1.00. The summed E-state index contributed by atoms with van der Waals surface area (Å²) in [7, 11) is 0.632. The Morgan fingerprint density at radius 2 is 1.06 bits per heavy atom. The maximum Gasteiger partial charge on any atom is 0.319 e. The van der Waals surface area contributed by atoms with Crippen molar-refractivity contribution >= 4 is 0 Å². The summed E-state index contributed by atoms with van der Waals surface area (Å²) in [5.74, 6) is -9.01. The van der Waals surface area contributed by atoms with Gasteiger partial charge in [0.25, 0.3) is 0 Å². The number of halogens is 8. The van der Waals surface area contributed by atoms with Crippen LogP contribution in [0.25, 0.3) is 0 Å². The molecule has 0 amide bonds. The van der Waals surface area contributed by atoms with Gasteiger partial charge in [0.1, 0.15) is 0 Å². The molecule has 0 aromatic heterocycles. The van der Waals surface area contributed by atoms with Gasteiger partial charge in [0.2, 0.25) is 0 Å². The van der Waals surface area contributed by atoms with Crippen molar-refractivity contribution in [3.63, 3.8) is 0 Å². The summed E-state index contributed by atoms with van der Waals surface area (Å²) in [6.07, 6.45) is -8.06. The van der Waals surface area contributed by atoms with E-state index in [0.29, 0.717) is 7.05 Å². The van der Waals surface area contributed by atoms with Crippen molar-refractivity contribution in [2.24, 2.45) is 0 Å². The number of alkyl halides is 8. The third-order valence-electron chi connectivity index (χ3n) is 1.60. The maximum atomic E-state index is 12.3. The van der Waals surface area contributed by atoms with Crippen molar-refractivity contribution in [3.05, 3.63) is 0 Å². The monoisotopic (exact) mass is 259 g/mol. The Bertz CT molecular complexity index is 194. The topological polar surface area (TPSA) is 3.24 Å². The lowest BCUT2D eigenvalue weighted by molar-refractivity contribution is -0.167. The van der Waals surface area contributed by atoms with E-state index in [2.05, 4.69) is 0 Å². The van der Waals surface area contributed by atoms with Crippen molar-refractivity contribution in [2.75, 3.05) is 20.1 Å². The van der Waals surface area contributed by atoms with Gasteiger partial charge in [-0.05, 0) is 7.05 Å². The highest BCUT2D eigenvalue weighted by atomic mass is 19.3. The molecule has 0 spiro atoms. The molecule has 0 radical (unpaired) electrons. The van der Waals surface area contributed by atoms with Crippen LogP contribution in [0.1, 0.15) is 0 Å². The fourth-order valence-electron chi connectivity index (χ4n) is 0.914. The average molecular weight is 259 g/mol. The SMILES string of the molecule is CN(CC(F)(F)C(F)F)CC(F)(F)C(F)F. The zero-order valence-electron chi connectivity index (χ0n) is 8.04. The number of nitrogens with zero attached hydrogens (tertiary/aromatic N) is 1. The summed E-state index contributed by atoms with van der Waals surface area (Å²) in [6, 6.07) is 0. The van der Waals surface area contributed by atoms with Gasteiger partial charge < -0.3 is 0 Å². The molecular formula is C7H9F8N. The van der Waals surface area contributed by atoms with Gasteiger partial charge in [0.05, 0.1) is 13.1 Å². The molecule has 0 aliphatic heterocycles. The lowest BCUT2D eigenvalue weighted by Crippen LogP contribution is -2.46. The Balaban J connectivity index is 4.34. The predicted molar refractivity (Wildman–Crippen MR) is 39.4 cm³/mol. The summed E-state index contributed by atoms with van der Waals surface area (Å²) in [6.45, 7) is -3.43. The number of hydrogen-bond acceptors (Lipinski definition) is 1. The largest absolute Gasteiger partial charge is 0.319 e. The summed E-state index contributed by atoms with van der Waals surface area (Å²) < 4.78 is 96.0. The summed E-state index contributed by atoms with van der Waals surface area (Å²) >= 11 is 0. The smallest absolute Gasteiger partial charge is 0.294 e. The van der Waals surface area contributed by atoms with E-state index < -0.39 is 37.8 Å². The second-order valence-electron chi connectivity index (χ2n) is 3.30. The van der Waals surface area contributed by atoms with Gasteiger partial charge in [-0.1, -0.05) is 0 Å². The zero-order chi connectivity index (χ0) is 13.1. The van der Waals surface area contributed by atoms with Crippen LogP contribution in [-0.2, 0) is 0 Å². The molecule has 0 bridgehead atoms. The quantitative estimate of drug-likeness (QED) is 0.663. The fourth-order valence-corrected chi connectivity index (χ4v) is 0.914. The first-order chi connectivity index (χ1) is 6.99. The Hall–Kier alpha value is -0.600. The first-order valence-electron chi connectivity index (χ1n) is 3.99. The van der Waals surface area contributed by atoms with Gasteiger partial charge in [0, 0.05) is 0 Å². The molecule has 0 N–H and O–H groups in total. The molecule has 9 heteroatoms. The van der Waals surface area contributed by atoms with E-state index in [1.807, 2.05) is 0 Å². The third-order valence-corrected chi connectivity index (χ3v) is 1.60. The van der Waals surface area contributed by atoms with Gasteiger partial charge in [0.15, 0.2) is 0 Å². The van der Waals surface area contributed by atoms with Crippen LogP contribution in [0.15, 0.2) is 0 Å². The van der Waals surface area contributed by atoms with Crippen LogP contribution in [0.4, 0.5) is 35.1 Å². The van der Waals surface area contributed by atoms with Crippen LogP contribution >= 0.6 is 0 Å². The molecule has 0 heterocycles. The Kier molecular flexibility index (Phi) is 4.96. The molecule has 0 saturated heterocycles. The summed E-state index contributed by atoms with van der Waals surface area (Å²) in [5.41, 5.74) is 0. The molecule has 0 aliphatic rings. The van der Waals surface area contributed by atoms with Crippen LogP contribution < -0.4 is 0 Å². The van der Waals surface area contributed by atoms with E-state index in [-0.39, 0.29) is 4.90 Å². The highest BCUT2D eigenvalue weighted by Crippen LogP contribution is 2.27. The van der Waals surface area contributed by atoms with Crippen molar-refractivity contribution < 1.29 is 35.1 Å². The Labute approximate surface area is 86.0 Å². The van der Waals surface area contributed by atoms with Gasteiger partial charge in [-0.3, -0.25) is 4.90 Å². The number of rotatable bonds is 6. The van der Waals surface area contributed by atoms with Crippen molar-refractivity contribution in [2.45, 2.75) is 24.7 Å². The van der Waals surface area contributed by atoms with Crippen LogP contribution in [0.5, 0.6) is 0 Å². The van der Waals surface area contributed by atoms with Crippen LogP contribution in [0.3, 0.4) is 0 Å². The maximum absolute atomic E-state index is 12.3. The molecule has 0 rings (SSSR count). The molecule has 16 heavy (non-hydrogen) atoms. The van der Waals surface area contributed by atoms with E-state index in [1.54, 1.807) is 0 Å². The first-order valence-corrected chi connectivity index (χ1v) is 3.99. The Morgan fingerprint density at radius 3 is 1.25 bits per heavy atom. The summed E-state index contributed by atoms with van der Waals surface area (Å²) in [4.78, 5) is 0.0400.